The van der Waals surface area contributed by atoms with Crippen molar-refractivity contribution in [3.8, 4) is 89.8 Å². The van der Waals surface area contributed by atoms with Crippen LogP contribution in [0, 0.1) is 29.0 Å². The number of fused-ring (bicyclic) bond motifs is 4. The molecule has 0 aromatic heterocycles. The van der Waals surface area contributed by atoms with E-state index >= 15 is 0 Å². The van der Waals surface area contributed by atoms with Gasteiger partial charge in [-0.3, -0.25) is 0 Å². The van der Waals surface area contributed by atoms with Gasteiger partial charge in [-0.25, -0.2) is 19.2 Å². The topological polar surface area (TPSA) is 129 Å². The first-order chi connectivity index (χ1) is 70.8. The zero-order valence-electron chi connectivity index (χ0n) is 84.5. The summed E-state index contributed by atoms with van der Waals surface area (Å²) >= 11 is 0. The van der Waals surface area contributed by atoms with Gasteiger partial charge in [-0.1, -0.05) is 385 Å². The van der Waals surface area contributed by atoms with Crippen molar-refractivity contribution >= 4 is 74.6 Å². The Balaban J connectivity index is 0.000000203. The predicted molar refractivity (Wildman–Crippen MR) is 600 cm³/mol. The van der Waals surface area contributed by atoms with Crippen LogP contribution in [0.5, 0.6) is 23.0 Å². The molecule has 0 amide bonds. The summed E-state index contributed by atoms with van der Waals surface area (Å²) in [5.41, 5.74) is 19.0. The first-order valence-corrected chi connectivity index (χ1v) is 53.9. The molecule has 4 aliphatic rings. The normalized spacial score (nSPS) is 17.8. The standard InChI is InChI=1S/C68H70O4.C66H66O4.BHN.2H2/c1-3-5-7-13-47-19-23-49(24-20-47)51-27-31-53(32-28-51)55-35-39-59(40-36-55)67(69)71-63-45-43-57-15-9-11-17-61(57)65(63)66-62-18-12-10-16-58(62)44-46-64(66)72-68(70)60-41-37-56(38-42-60)54-33-29-52(30-34-54)50-25-21-48(22-26-50)14-8-6-4-2;1-3-5-11-45-17-21-47(22-18-45)49-25-29-51(30-26-49)53-33-37-57(38-34-53)65(67)69-61-43-41-55-13-7-9-15-59(55)63(61)64-60-16-10-8-14-56(60)42-44-62(64)70-66(68)58-39-35-54(36-40-58)52-31-27-50(28-32-52)48-23-19-46(20-24-48)12-6-4-2;1-2;;/h9-12,15-18,27-50H,3-8,13-14,19-26H2,1-2H3;7-10,13-16,25-48H,3-6,11-12,17-24H2,1-2H3;2H;2*1H. The van der Waals surface area contributed by atoms with Crippen molar-refractivity contribution in [1.82, 2.24) is 0 Å². The first-order valence-electron chi connectivity index (χ1n) is 53.9. The third-order valence-corrected chi connectivity index (χ3v) is 32.0. The van der Waals surface area contributed by atoms with Crippen LogP contribution in [0.4, 0.5) is 0 Å². The van der Waals surface area contributed by atoms with E-state index in [0.717, 1.165) is 111 Å². The second kappa shape index (κ2) is 49.1. The molecule has 144 heavy (non-hydrogen) atoms. The van der Waals surface area contributed by atoms with Crippen molar-refractivity contribution in [2.24, 2.45) is 23.7 Å². The average Bonchev–Trinajstić information content (AvgIpc) is 0.750. The van der Waals surface area contributed by atoms with E-state index in [1.54, 1.807) is 0 Å². The van der Waals surface area contributed by atoms with Crippen LogP contribution < -0.4 is 18.9 Å². The van der Waals surface area contributed by atoms with Gasteiger partial charge in [0, 0.05) is 25.1 Å². The second-order valence-corrected chi connectivity index (χ2v) is 41.1. The van der Waals surface area contributed by atoms with Gasteiger partial charge in [-0.05, 0) is 333 Å². The Bertz CT molecular complexity index is 6590. The predicted octanol–water partition coefficient (Wildman–Crippen LogP) is 37.9. The average molecular weight is 1900 g/mol. The Morgan fingerprint density at radius 3 is 0.597 bits per heavy atom. The van der Waals surface area contributed by atoms with Gasteiger partial charge in [-0.2, -0.15) is 0 Å². The monoisotopic (exact) mass is 1900 g/mol. The van der Waals surface area contributed by atoms with Crippen molar-refractivity contribution in [2.45, 2.75) is 244 Å². The molecular formula is C134H141BNO8. The van der Waals surface area contributed by atoms with E-state index in [1.165, 1.54) is 215 Å². The van der Waals surface area contributed by atoms with E-state index in [1.807, 2.05) is 243 Å². The maximum atomic E-state index is 14.2. The zero-order chi connectivity index (χ0) is 99.0. The molecule has 20 rings (SSSR count). The largest absolute Gasteiger partial charge is 0 e. The Morgan fingerprint density at radius 1 is 0.222 bits per heavy atom. The number of unbranched alkanes of at least 4 members (excludes halogenated alkanes) is 6. The molecule has 9 nitrogen and oxygen atoms in total. The number of rotatable bonds is 32. The molecule has 16 aromatic rings. The fourth-order valence-electron chi connectivity index (χ4n) is 23.5. The number of ether oxygens (including phenoxy) is 4. The fraction of sp³-hybridized carbons (Fsp3) is 0.313. The van der Waals surface area contributed by atoms with Gasteiger partial charge in [0.2, 0.25) is 0 Å². The summed E-state index contributed by atoms with van der Waals surface area (Å²) in [6.07, 6.45) is 39.8. The maximum Gasteiger partial charge on any atom is 0 e. The van der Waals surface area contributed by atoms with Crippen molar-refractivity contribution in [1.29, 1.82) is 5.31 Å². The number of carbonyl (C=O) groups excluding carboxylic acids is 4. The molecular weight excluding hydrogens is 1760 g/mol. The summed E-state index contributed by atoms with van der Waals surface area (Å²) in [7, 11) is 3.75. The van der Waals surface area contributed by atoms with Gasteiger partial charge in [-0.15, -0.1) is 0 Å². The van der Waals surface area contributed by atoms with Crippen molar-refractivity contribution < 1.29 is 41.0 Å². The van der Waals surface area contributed by atoms with Gasteiger partial charge in [0.1, 0.15) is 23.0 Å². The second-order valence-electron chi connectivity index (χ2n) is 41.1. The van der Waals surface area contributed by atoms with Crippen molar-refractivity contribution in [3.63, 3.8) is 0 Å². The van der Waals surface area contributed by atoms with Crippen LogP contribution in [-0.2, 0) is 0 Å². The molecule has 0 atom stereocenters. The van der Waals surface area contributed by atoms with Crippen molar-refractivity contribution in [3.05, 3.63) is 384 Å². The third-order valence-electron chi connectivity index (χ3n) is 32.0. The molecule has 4 fully saturated rings. The smallest absolute Gasteiger partial charge is 0 e. The molecule has 0 heterocycles. The van der Waals surface area contributed by atoms with Gasteiger partial charge in [0.15, 0.2) is 0 Å². The van der Waals surface area contributed by atoms with E-state index < -0.39 is 23.9 Å². The van der Waals surface area contributed by atoms with E-state index in [0.29, 0.717) is 91.2 Å². The third kappa shape index (κ3) is 24.3. The van der Waals surface area contributed by atoms with E-state index in [4.69, 9.17) is 24.3 Å². The first kappa shape index (κ1) is 100. The SMILES string of the molecule is CCCCC1CCC(c2ccc(-c3ccc(C(=O)Oc4ccc5ccccc5c4-c4c(OC(=O)c5ccc(-c6ccc(C7CCC(CCCC)CC7)cc6)cc5)ccc5ccccc45)cc3)cc2)CC1.CCCCCC1CCC(c2ccc(-c3ccc(C(=O)Oc4ccc5ccccc5c4-c4c(OC(=O)c5ccc(-c6ccc(C7CCC(CCCCC)CC7)cc6)cc5)ccc5ccccc45)cc3)cc2)CC1.[B]=N.[HH].[HH]. The number of nitrogens with one attached hydrogen (secondary N) is 1. The fourth-order valence-corrected chi connectivity index (χ4v) is 23.5. The van der Waals surface area contributed by atoms with Crippen molar-refractivity contribution in [2.75, 3.05) is 0 Å². The van der Waals surface area contributed by atoms with Crippen LogP contribution in [0.15, 0.2) is 340 Å². The van der Waals surface area contributed by atoms with E-state index in [2.05, 4.69) is 132 Å². The molecule has 4 aliphatic carbocycles. The van der Waals surface area contributed by atoms with Gasteiger partial charge < -0.3 is 18.9 Å². The number of esters is 4. The molecule has 0 unspecified atom stereocenters. The molecule has 1 radical (unpaired) electrons. The Morgan fingerprint density at radius 2 is 0.403 bits per heavy atom. The summed E-state index contributed by atoms with van der Waals surface area (Å²) in [4.78, 5) is 56.6. The minimum absolute atomic E-state index is 0. The molecule has 4 saturated carbocycles. The summed E-state index contributed by atoms with van der Waals surface area (Å²) in [5, 5.41) is 12.6. The minimum Gasteiger partial charge on any atom is 0 e. The summed E-state index contributed by atoms with van der Waals surface area (Å²) < 4.78 is 25.5. The number of hydrogen-bond acceptors (Lipinski definition) is 9. The van der Waals surface area contributed by atoms with Crippen LogP contribution >= 0.6 is 0 Å². The van der Waals surface area contributed by atoms with E-state index in [-0.39, 0.29) is 2.85 Å². The quantitative estimate of drug-likeness (QED) is 0.0191. The Hall–Kier alpha value is -13.7. The summed E-state index contributed by atoms with van der Waals surface area (Å²) in [6, 6.07) is 114. The van der Waals surface area contributed by atoms with Gasteiger partial charge >= 0.3 is 36.8 Å². The summed E-state index contributed by atoms with van der Waals surface area (Å²) in [5.74, 6) is 5.81. The molecule has 0 aliphatic heterocycles. The molecule has 733 valence electrons. The minimum atomic E-state index is -0.466. The van der Waals surface area contributed by atoms with E-state index in [9.17, 15) is 19.2 Å². The molecule has 0 spiro atoms. The zero-order valence-corrected chi connectivity index (χ0v) is 84.5. The Kier molecular flexibility index (Phi) is 34.2. The van der Waals surface area contributed by atoms with Crippen LogP contribution in [0.25, 0.3) is 110 Å². The molecule has 16 aromatic carbocycles. The van der Waals surface area contributed by atoms with Crippen LogP contribution in [0.2, 0.25) is 0 Å². The molecule has 1 N–H and O–H groups in total. The van der Waals surface area contributed by atoms with Crippen LogP contribution in [0.1, 0.15) is 311 Å². The molecule has 10 heteroatoms. The number of benzene rings is 16. The molecule has 0 bridgehead atoms. The number of carbonyl (C=O) groups is 4. The maximum absolute atomic E-state index is 14.2. The Labute approximate surface area is 856 Å². The van der Waals surface area contributed by atoms with Gasteiger partial charge in [0.05, 0.1) is 22.3 Å². The molecule has 0 saturated heterocycles. The number of hydrogen-bond donors (Lipinski definition) is 1. The summed E-state index contributed by atoms with van der Waals surface area (Å²) in [6.45, 7) is 9.15. The van der Waals surface area contributed by atoms with Crippen LogP contribution in [-0.4, -0.2) is 31.5 Å². The van der Waals surface area contributed by atoms with Gasteiger partial charge in [0.25, 0.3) is 0 Å². The van der Waals surface area contributed by atoms with Crippen LogP contribution in [0.3, 0.4) is 0 Å².